The van der Waals surface area contributed by atoms with E-state index in [0.717, 1.165) is 32.4 Å². The summed E-state index contributed by atoms with van der Waals surface area (Å²) in [6.07, 6.45) is 2.52. The molecule has 1 amide bonds. The molecule has 3 atom stereocenters. The van der Waals surface area contributed by atoms with E-state index < -0.39 is 0 Å². The molecular weight excluding hydrogens is 280 g/mol. The molecule has 1 aliphatic heterocycles. The molecule has 1 saturated heterocycles. The lowest BCUT2D eigenvalue weighted by molar-refractivity contribution is -0.210. The van der Waals surface area contributed by atoms with Gasteiger partial charge in [-0.3, -0.25) is 9.69 Å². The summed E-state index contributed by atoms with van der Waals surface area (Å²) < 4.78 is 5.79. The number of carbonyl (C=O) groups is 1. The summed E-state index contributed by atoms with van der Waals surface area (Å²) in [5.41, 5.74) is -0.278. The van der Waals surface area contributed by atoms with Gasteiger partial charge in [0.1, 0.15) is 0 Å². The summed E-state index contributed by atoms with van der Waals surface area (Å²) in [5.74, 6) is 0.0824. The zero-order valence-corrected chi connectivity index (χ0v) is 14.7. The average Bonchev–Trinajstić information content (AvgIpc) is 2.44. The van der Waals surface area contributed by atoms with E-state index >= 15 is 0 Å². The quantitative estimate of drug-likeness (QED) is 0.827. The van der Waals surface area contributed by atoms with Crippen LogP contribution >= 0.6 is 0 Å². The van der Waals surface area contributed by atoms with Crippen LogP contribution in [0.25, 0.3) is 0 Å². The highest BCUT2D eigenvalue weighted by atomic mass is 16.5. The first-order valence-corrected chi connectivity index (χ1v) is 8.55. The molecule has 0 aromatic carbocycles. The number of hydrogen-bond acceptors (Lipinski definition) is 4. The maximum absolute atomic E-state index is 12.3. The Morgan fingerprint density at radius 3 is 2.45 bits per heavy atom. The second-order valence-corrected chi connectivity index (χ2v) is 7.88. The Kier molecular flexibility index (Phi) is 5.20. The normalized spacial score (nSPS) is 29.9. The van der Waals surface area contributed by atoms with Crippen molar-refractivity contribution in [1.82, 2.24) is 10.2 Å². The summed E-state index contributed by atoms with van der Waals surface area (Å²) in [5, 5.41) is 13.3. The maximum atomic E-state index is 12.3. The first-order valence-electron chi connectivity index (χ1n) is 8.55. The van der Waals surface area contributed by atoms with Gasteiger partial charge in [-0.25, -0.2) is 0 Å². The van der Waals surface area contributed by atoms with Gasteiger partial charge in [0.2, 0.25) is 5.91 Å². The minimum Gasteiger partial charge on any atom is -0.392 e. The molecule has 0 radical (unpaired) electrons. The van der Waals surface area contributed by atoms with Crippen LogP contribution in [0.5, 0.6) is 0 Å². The predicted molar refractivity (Wildman–Crippen MR) is 86.6 cm³/mol. The van der Waals surface area contributed by atoms with E-state index in [0.29, 0.717) is 6.61 Å². The molecule has 5 heteroatoms. The highest BCUT2D eigenvalue weighted by molar-refractivity contribution is 5.81. The largest absolute Gasteiger partial charge is 0.392 e. The van der Waals surface area contributed by atoms with E-state index in [1.165, 1.54) is 0 Å². The molecule has 2 aliphatic rings. The second-order valence-electron chi connectivity index (χ2n) is 7.88. The Bertz CT molecular complexity index is 395. The number of nitrogens with one attached hydrogen (secondary N) is 1. The van der Waals surface area contributed by atoms with Gasteiger partial charge in [0, 0.05) is 24.0 Å². The smallest absolute Gasteiger partial charge is 0.237 e. The van der Waals surface area contributed by atoms with E-state index in [4.69, 9.17) is 4.74 Å². The fourth-order valence-electron chi connectivity index (χ4n) is 3.78. The van der Waals surface area contributed by atoms with E-state index in [-0.39, 0.29) is 35.1 Å². The first kappa shape index (κ1) is 17.7. The van der Waals surface area contributed by atoms with Gasteiger partial charge in [0.15, 0.2) is 0 Å². The van der Waals surface area contributed by atoms with Gasteiger partial charge in [-0.05, 0) is 60.5 Å². The maximum Gasteiger partial charge on any atom is 0.237 e. The van der Waals surface area contributed by atoms with Crippen LogP contribution in [-0.2, 0) is 9.53 Å². The molecule has 2 rings (SSSR count). The van der Waals surface area contributed by atoms with Crippen LogP contribution in [0.3, 0.4) is 0 Å². The molecule has 2 fully saturated rings. The lowest BCUT2D eigenvalue weighted by atomic mass is 9.58. The van der Waals surface area contributed by atoms with Gasteiger partial charge >= 0.3 is 0 Å². The highest BCUT2D eigenvalue weighted by Crippen LogP contribution is 2.51. The molecule has 128 valence electrons. The van der Waals surface area contributed by atoms with Crippen molar-refractivity contribution in [2.75, 3.05) is 19.7 Å². The van der Waals surface area contributed by atoms with Crippen molar-refractivity contribution in [1.29, 1.82) is 0 Å². The molecular formula is C17H32N2O3. The molecule has 1 aliphatic carbocycles. The lowest BCUT2D eigenvalue weighted by Crippen LogP contribution is -2.63. The van der Waals surface area contributed by atoms with Gasteiger partial charge in [0.05, 0.1) is 18.2 Å². The molecule has 0 bridgehead atoms. The third-order valence-electron chi connectivity index (χ3n) is 5.26. The van der Waals surface area contributed by atoms with E-state index in [1.807, 2.05) is 34.6 Å². The van der Waals surface area contributed by atoms with Crippen LogP contribution in [-0.4, -0.2) is 59.4 Å². The van der Waals surface area contributed by atoms with Gasteiger partial charge in [-0.1, -0.05) is 0 Å². The van der Waals surface area contributed by atoms with Crippen molar-refractivity contribution < 1.29 is 14.6 Å². The number of piperidine rings is 1. The summed E-state index contributed by atoms with van der Waals surface area (Å²) in [6, 6.07) is -0.126. The topological polar surface area (TPSA) is 61.8 Å². The van der Waals surface area contributed by atoms with Gasteiger partial charge in [-0.15, -0.1) is 0 Å². The van der Waals surface area contributed by atoms with E-state index in [9.17, 15) is 9.90 Å². The van der Waals surface area contributed by atoms with Crippen LogP contribution < -0.4 is 5.32 Å². The monoisotopic (exact) mass is 312 g/mol. The Morgan fingerprint density at radius 1 is 1.41 bits per heavy atom. The zero-order valence-electron chi connectivity index (χ0n) is 14.7. The van der Waals surface area contributed by atoms with Crippen LogP contribution in [0.1, 0.15) is 53.9 Å². The Hall–Kier alpha value is -0.650. The molecule has 3 unspecified atom stereocenters. The summed E-state index contributed by atoms with van der Waals surface area (Å²) in [7, 11) is 0. The number of carbonyl (C=O) groups excluding carboxylic acids is 1. The van der Waals surface area contributed by atoms with Gasteiger partial charge in [-0.2, -0.15) is 0 Å². The zero-order chi connectivity index (χ0) is 16.5. The average molecular weight is 312 g/mol. The first-order chi connectivity index (χ1) is 10.2. The third-order valence-corrected chi connectivity index (χ3v) is 5.26. The molecule has 22 heavy (non-hydrogen) atoms. The molecule has 5 nitrogen and oxygen atoms in total. The minimum absolute atomic E-state index is 0.0767. The number of ether oxygens (including phenoxy) is 1. The third kappa shape index (κ3) is 3.47. The van der Waals surface area contributed by atoms with Crippen molar-refractivity contribution >= 4 is 5.91 Å². The van der Waals surface area contributed by atoms with Crippen molar-refractivity contribution in [2.45, 2.75) is 77.7 Å². The Balaban J connectivity index is 1.90. The molecule has 2 N–H and O–H groups in total. The Morgan fingerprint density at radius 2 is 2.00 bits per heavy atom. The van der Waals surface area contributed by atoms with Crippen molar-refractivity contribution in [3.8, 4) is 0 Å². The minimum atomic E-state index is -0.245. The predicted octanol–water partition coefficient (Wildman–Crippen LogP) is 1.54. The number of rotatable bonds is 4. The molecule has 1 heterocycles. The molecule has 1 spiro atoms. The van der Waals surface area contributed by atoms with Crippen LogP contribution in [0.2, 0.25) is 0 Å². The summed E-state index contributed by atoms with van der Waals surface area (Å²) in [4.78, 5) is 14.5. The molecule has 0 aromatic heterocycles. The molecule has 1 saturated carbocycles. The standard InChI is InChI=1S/C17H32N2O3/c1-6-22-14-11-13(20)17(14)7-9-19(10-8-17)12(2)15(21)18-16(3,4)5/h12-14,20H,6-11H2,1-5H3,(H,18,21). The Labute approximate surface area is 134 Å². The number of hydrogen-bond donors (Lipinski definition) is 2. The van der Waals surface area contributed by atoms with E-state index in [1.54, 1.807) is 0 Å². The number of amides is 1. The van der Waals surface area contributed by atoms with Gasteiger partial charge in [0.25, 0.3) is 0 Å². The van der Waals surface area contributed by atoms with Crippen molar-refractivity contribution in [3.63, 3.8) is 0 Å². The number of likely N-dealkylation sites (tertiary alicyclic amines) is 1. The summed E-state index contributed by atoms with van der Waals surface area (Å²) >= 11 is 0. The van der Waals surface area contributed by atoms with Gasteiger partial charge < -0.3 is 15.2 Å². The molecule has 0 aromatic rings. The van der Waals surface area contributed by atoms with Crippen molar-refractivity contribution in [3.05, 3.63) is 0 Å². The van der Waals surface area contributed by atoms with Crippen LogP contribution in [0, 0.1) is 5.41 Å². The highest BCUT2D eigenvalue weighted by Gasteiger charge is 2.56. The number of aliphatic hydroxyl groups is 1. The second kappa shape index (κ2) is 6.46. The van der Waals surface area contributed by atoms with E-state index in [2.05, 4.69) is 10.2 Å². The van der Waals surface area contributed by atoms with Crippen LogP contribution in [0.4, 0.5) is 0 Å². The SMILES string of the molecule is CCOC1CC(O)C12CCN(C(C)C(=O)NC(C)(C)C)CC2. The van der Waals surface area contributed by atoms with Crippen LogP contribution in [0.15, 0.2) is 0 Å². The number of nitrogens with zero attached hydrogens (tertiary/aromatic N) is 1. The lowest BCUT2D eigenvalue weighted by Gasteiger charge is -2.57. The van der Waals surface area contributed by atoms with Crippen molar-refractivity contribution in [2.24, 2.45) is 5.41 Å². The number of aliphatic hydroxyl groups excluding tert-OH is 1. The summed E-state index contributed by atoms with van der Waals surface area (Å²) in [6.45, 7) is 12.4. The fraction of sp³-hybridized carbons (Fsp3) is 0.941. The fourth-order valence-corrected chi connectivity index (χ4v) is 3.78.